The maximum Gasteiger partial charge on any atom is 0.320 e. The third-order valence-corrected chi connectivity index (χ3v) is 5.50. The van der Waals surface area contributed by atoms with Crippen LogP contribution in [0.2, 0.25) is 0 Å². The van der Waals surface area contributed by atoms with Gasteiger partial charge >= 0.3 is 6.03 Å². The molecule has 1 aromatic carbocycles. The Morgan fingerprint density at radius 3 is 2.00 bits per heavy atom. The summed E-state index contributed by atoms with van der Waals surface area (Å²) in [4.78, 5) is 32.0. The van der Waals surface area contributed by atoms with Crippen LogP contribution in [0.25, 0.3) is 0 Å². The molecule has 2 heterocycles. The number of aryl methyl sites for hydroxylation is 1. The molecule has 0 spiro atoms. The number of alkyl halides is 1. The van der Waals surface area contributed by atoms with E-state index in [1.165, 1.54) is 23.0 Å². The number of carbonyl (C=O) groups excluding carboxylic acids is 2. The molecule has 2 saturated heterocycles. The lowest BCUT2D eigenvalue weighted by Crippen LogP contribution is -2.57. The number of rotatable bonds is 3. The van der Waals surface area contributed by atoms with Crippen molar-refractivity contribution in [2.45, 2.75) is 26.6 Å². The predicted octanol–water partition coefficient (Wildman–Crippen LogP) is 1.73. The monoisotopic (exact) mass is 376 g/mol. The molecule has 0 radical (unpaired) electrons. The highest BCUT2D eigenvalue weighted by atomic mass is 19.1. The Morgan fingerprint density at radius 2 is 1.44 bits per heavy atom. The van der Waals surface area contributed by atoms with E-state index in [2.05, 4.69) is 36.1 Å². The average molecular weight is 376 g/mol. The third kappa shape index (κ3) is 4.77. The maximum absolute atomic E-state index is 13.2. The predicted molar refractivity (Wildman–Crippen MR) is 102 cm³/mol. The van der Waals surface area contributed by atoms with Crippen molar-refractivity contribution in [1.82, 2.24) is 19.6 Å². The zero-order valence-electron chi connectivity index (χ0n) is 16.2. The second kappa shape index (κ2) is 8.69. The molecule has 0 bridgehead atoms. The van der Waals surface area contributed by atoms with Crippen LogP contribution < -0.4 is 0 Å². The Labute approximate surface area is 160 Å². The highest BCUT2D eigenvalue weighted by Gasteiger charge is 2.30. The van der Waals surface area contributed by atoms with Gasteiger partial charge in [0.1, 0.15) is 0 Å². The summed E-state index contributed by atoms with van der Waals surface area (Å²) in [7, 11) is 0. The van der Waals surface area contributed by atoms with Gasteiger partial charge in [-0.05, 0) is 25.0 Å². The first-order valence-corrected chi connectivity index (χ1v) is 9.69. The van der Waals surface area contributed by atoms with Crippen LogP contribution in [0.3, 0.4) is 0 Å². The lowest BCUT2D eigenvalue weighted by Gasteiger charge is -2.40. The Bertz CT molecular complexity index is 666. The van der Waals surface area contributed by atoms with Gasteiger partial charge in [-0.2, -0.15) is 0 Å². The zero-order valence-corrected chi connectivity index (χ0v) is 16.2. The molecule has 1 atom stereocenters. The van der Waals surface area contributed by atoms with Crippen LogP contribution in [-0.2, 0) is 11.3 Å². The van der Waals surface area contributed by atoms with Gasteiger partial charge in [0.05, 0.1) is 0 Å². The van der Waals surface area contributed by atoms with Gasteiger partial charge in [0.15, 0.2) is 6.17 Å². The Balaban J connectivity index is 1.45. The molecule has 3 amide bonds. The minimum Gasteiger partial charge on any atom is -0.337 e. The summed E-state index contributed by atoms with van der Waals surface area (Å²) in [6, 6.07) is 8.44. The summed E-state index contributed by atoms with van der Waals surface area (Å²) >= 11 is 0. The van der Waals surface area contributed by atoms with E-state index in [-0.39, 0.29) is 6.03 Å². The van der Waals surface area contributed by atoms with Crippen molar-refractivity contribution in [3.8, 4) is 0 Å². The molecule has 2 fully saturated rings. The molecule has 0 aliphatic carbocycles. The van der Waals surface area contributed by atoms with E-state index in [1.54, 1.807) is 4.90 Å². The number of carbonyl (C=O) groups is 2. The van der Waals surface area contributed by atoms with Gasteiger partial charge in [-0.3, -0.25) is 9.69 Å². The molecular weight excluding hydrogens is 347 g/mol. The van der Waals surface area contributed by atoms with Gasteiger partial charge in [-0.15, -0.1) is 0 Å². The first-order chi connectivity index (χ1) is 13.0. The number of hydrogen-bond acceptors (Lipinski definition) is 3. The van der Waals surface area contributed by atoms with E-state index in [0.717, 1.165) is 19.6 Å². The molecule has 6 nitrogen and oxygen atoms in total. The van der Waals surface area contributed by atoms with Gasteiger partial charge in [0, 0.05) is 58.9 Å². The smallest absolute Gasteiger partial charge is 0.320 e. The molecule has 0 saturated carbocycles. The van der Waals surface area contributed by atoms with E-state index >= 15 is 0 Å². The number of piperazine rings is 2. The van der Waals surface area contributed by atoms with Crippen molar-refractivity contribution in [3.63, 3.8) is 0 Å². The van der Waals surface area contributed by atoms with Crippen molar-refractivity contribution in [3.05, 3.63) is 35.4 Å². The van der Waals surface area contributed by atoms with Crippen molar-refractivity contribution in [2.75, 3.05) is 52.4 Å². The molecule has 7 heteroatoms. The minimum absolute atomic E-state index is 0.0333. The third-order valence-electron chi connectivity index (χ3n) is 5.50. The molecule has 3 rings (SSSR count). The van der Waals surface area contributed by atoms with E-state index in [1.807, 2.05) is 4.90 Å². The summed E-state index contributed by atoms with van der Waals surface area (Å²) in [5.74, 6) is -0.480. The number of benzene rings is 1. The molecular formula is C20H29FN4O2. The second-order valence-electron chi connectivity index (χ2n) is 7.40. The quantitative estimate of drug-likeness (QED) is 0.807. The molecule has 2 aliphatic rings. The Hall–Kier alpha value is -2.15. The fourth-order valence-corrected chi connectivity index (χ4v) is 3.70. The standard InChI is InChI=1S/C20H29FN4O2/c1-16-5-3-4-6-18(16)15-22-7-9-24(10-8-22)20(27)25-13-11-23(12-14-25)19(26)17(2)21/h3-6,17H,7-15H2,1-2H3. The van der Waals surface area contributed by atoms with Gasteiger partial charge in [-0.25, -0.2) is 9.18 Å². The Kier molecular flexibility index (Phi) is 6.31. The van der Waals surface area contributed by atoms with Crippen LogP contribution in [0.5, 0.6) is 0 Å². The molecule has 2 aliphatic heterocycles. The number of hydrogen-bond donors (Lipinski definition) is 0. The van der Waals surface area contributed by atoms with Crippen LogP contribution >= 0.6 is 0 Å². The van der Waals surface area contributed by atoms with Gasteiger partial charge in [-0.1, -0.05) is 24.3 Å². The molecule has 1 aromatic rings. The molecule has 0 aromatic heterocycles. The highest BCUT2D eigenvalue weighted by molar-refractivity contribution is 5.81. The number of amides is 3. The number of urea groups is 1. The van der Waals surface area contributed by atoms with Crippen LogP contribution in [-0.4, -0.2) is 90.1 Å². The maximum atomic E-state index is 13.2. The van der Waals surface area contributed by atoms with Gasteiger partial charge in [0.25, 0.3) is 5.91 Å². The van der Waals surface area contributed by atoms with Crippen LogP contribution in [0.15, 0.2) is 24.3 Å². The normalized spacial score (nSPS) is 19.9. The summed E-state index contributed by atoms with van der Waals surface area (Å²) in [6.45, 7) is 9.21. The summed E-state index contributed by atoms with van der Waals surface area (Å²) < 4.78 is 13.2. The molecule has 1 unspecified atom stereocenters. The summed E-state index contributed by atoms with van der Waals surface area (Å²) in [6.07, 6.45) is -1.48. The fraction of sp³-hybridized carbons (Fsp3) is 0.600. The highest BCUT2D eigenvalue weighted by Crippen LogP contribution is 2.14. The van der Waals surface area contributed by atoms with Crippen molar-refractivity contribution >= 4 is 11.9 Å². The van der Waals surface area contributed by atoms with E-state index < -0.39 is 12.1 Å². The van der Waals surface area contributed by atoms with E-state index in [4.69, 9.17) is 0 Å². The van der Waals surface area contributed by atoms with Gasteiger partial charge in [0.2, 0.25) is 0 Å². The molecule has 27 heavy (non-hydrogen) atoms. The molecule has 0 N–H and O–H groups in total. The number of nitrogens with zero attached hydrogens (tertiary/aromatic N) is 4. The summed E-state index contributed by atoms with van der Waals surface area (Å²) in [5.41, 5.74) is 2.63. The van der Waals surface area contributed by atoms with E-state index in [9.17, 15) is 14.0 Å². The van der Waals surface area contributed by atoms with Crippen LogP contribution in [0.1, 0.15) is 18.1 Å². The topological polar surface area (TPSA) is 47.1 Å². The zero-order chi connectivity index (χ0) is 19.4. The van der Waals surface area contributed by atoms with Crippen molar-refractivity contribution in [1.29, 1.82) is 0 Å². The average Bonchev–Trinajstić information content (AvgIpc) is 2.69. The largest absolute Gasteiger partial charge is 0.337 e. The minimum atomic E-state index is -1.48. The van der Waals surface area contributed by atoms with Crippen molar-refractivity contribution < 1.29 is 14.0 Å². The lowest BCUT2D eigenvalue weighted by atomic mass is 10.1. The van der Waals surface area contributed by atoms with E-state index in [0.29, 0.717) is 39.3 Å². The van der Waals surface area contributed by atoms with Crippen molar-refractivity contribution in [2.24, 2.45) is 0 Å². The molecule has 148 valence electrons. The second-order valence-corrected chi connectivity index (χ2v) is 7.40. The number of halogens is 1. The first-order valence-electron chi connectivity index (χ1n) is 9.69. The van der Waals surface area contributed by atoms with Crippen LogP contribution in [0.4, 0.5) is 9.18 Å². The fourth-order valence-electron chi connectivity index (χ4n) is 3.70. The summed E-state index contributed by atoms with van der Waals surface area (Å²) in [5, 5.41) is 0. The SMILES string of the molecule is Cc1ccccc1CN1CCN(C(=O)N2CCN(C(=O)C(C)F)CC2)CC1. The first kappa shape index (κ1) is 19.6. The van der Waals surface area contributed by atoms with Crippen LogP contribution in [0, 0.1) is 6.92 Å². The lowest BCUT2D eigenvalue weighted by molar-refractivity contribution is -0.137. The van der Waals surface area contributed by atoms with Gasteiger partial charge < -0.3 is 14.7 Å². The Morgan fingerprint density at radius 1 is 0.926 bits per heavy atom.